The number of carbonyl (C=O) groups excluding carboxylic acids is 1. The minimum atomic E-state index is -0.0738. The van der Waals surface area contributed by atoms with Gasteiger partial charge in [-0.15, -0.1) is 0 Å². The molecule has 1 aromatic heterocycles. The molecule has 3 aromatic rings. The van der Waals surface area contributed by atoms with Crippen LogP contribution in [0.5, 0.6) is 0 Å². The minimum absolute atomic E-state index is 0.0738. The highest BCUT2D eigenvalue weighted by Crippen LogP contribution is 2.26. The smallest absolute Gasteiger partial charge is 0.259 e. The van der Waals surface area contributed by atoms with Crippen LogP contribution < -0.4 is 0 Å². The average Bonchev–Trinajstić information content (AvgIpc) is 2.92. The van der Waals surface area contributed by atoms with Crippen LogP contribution in [0.4, 0.5) is 0 Å². The first-order valence-corrected chi connectivity index (χ1v) is 6.39. The first-order valence-electron chi connectivity index (χ1n) is 5.57. The third kappa shape index (κ3) is 2.17. The molecule has 0 amide bonds. The molecule has 0 radical (unpaired) electrons. The molecule has 0 aliphatic rings. The van der Waals surface area contributed by atoms with Crippen molar-refractivity contribution in [1.29, 1.82) is 0 Å². The van der Waals surface area contributed by atoms with Crippen molar-refractivity contribution >= 4 is 27.6 Å². The molecule has 0 saturated heterocycles. The Bertz CT molecular complexity index is 687. The first kappa shape index (κ1) is 11.1. The highest BCUT2D eigenvalue weighted by Gasteiger charge is 2.10. The highest BCUT2D eigenvalue weighted by atomic mass is 32.2. The van der Waals surface area contributed by atoms with Gasteiger partial charge in [0.05, 0.1) is 6.26 Å². The van der Waals surface area contributed by atoms with Gasteiger partial charge in [0.25, 0.3) is 5.12 Å². The topological polar surface area (TPSA) is 30.2 Å². The van der Waals surface area contributed by atoms with E-state index in [1.807, 2.05) is 36.4 Å². The molecule has 0 unspecified atom stereocenters. The minimum Gasteiger partial charge on any atom is -0.460 e. The van der Waals surface area contributed by atoms with Gasteiger partial charge in [0.1, 0.15) is 0 Å². The number of hydrogen-bond donors (Lipinski definition) is 0. The summed E-state index contributed by atoms with van der Waals surface area (Å²) in [6.45, 7) is 0. The molecule has 0 aliphatic carbocycles. The van der Waals surface area contributed by atoms with Crippen molar-refractivity contribution in [3.8, 4) is 0 Å². The second-order valence-corrected chi connectivity index (χ2v) is 4.92. The summed E-state index contributed by atoms with van der Waals surface area (Å²) >= 11 is 1.18. The standard InChI is InChI=1S/C15H10O2S/c16-15(14-6-3-9-17-14)18-13-8-7-11-4-1-2-5-12(11)10-13/h1-10H. The summed E-state index contributed by atoms with van der Waals surface area (Å²) in [5, 5.41) is 2.23. The van der Waals surface area contributed by atoms with E-state index in [-0.39, 0.29) is 5.12 Å². The molecule has 0 N–H and O–H groups in total. The Morgan fingerprint density at radius 2 is 1.78 bits per heavy atom. The maximum atomic E-state index is 11.9. The Balaban J connectivity index is 1.89. The highest BCUT2D eigenvalue weighted by molar-refractivity contribution is 8.14. The van der Waals surface area contributed by atoms with Gasteiger partial charge in [-0.1, -0.05) is 30.3 Å². The van der Waals surface area contributed by atoms with Gasteiger partial charge in [-0.05, 0) is 46.8 Å². The Morgan fingerprint density at radius 3 is 2.56 bits per heavy atom. The molecule has 0 spiro atoms. The molecule has 0 saturated carbocycles. The molecule has 18 heavy (non-hydrogen) atoms. The molecule has 3 rings (SSSR count). The van der Waals surface area contributed by atoms with Crippen LogP contribution >= 0.6 is 11.8 Å². The van der Waals surface area contributed by atoms with Crippen LogP contribution in [0.15, 0.2) is 70.2 Å². The lowest BCUT2D eigenvalue weighted by Crippen LogP contribution is -1.89. The maximum Gasteiger partial charge on any atom is 0.259 e. The zero-order valence-corrected chi connectivity index (χ0v) is 10.3. The van der Waals surface area contributed by atoms with Gasteiger partial charge in [-0.2, -0.15) is 0 Å². The molecule has 0 aliphatic heterocycles. The molecule has 2 nitrogen and oxygen atoms in total. The van der Waals surface area contributed by atoms with E-state index in [1.54, 1.807) is 12.1 Å². The van der Waals surface area contributed by atoms with Crippen LogP contribution in [-0.2, 0) is 0 Å². The van der Waals surface area contributed by atoms with E-state index in [9.17, 15) is 4.79 Å². The first-order chi connectivity index (χ1) is 8.83. The summed E-state index contributed by atoms with van der Waals surface area (Å²) in [4.78, 5) is 12.8. The van der Waals surface area contributed by atoms with Crippen LogP contribution in [-0.4, -0.2) is 5.12 Å². The molecular weight excluding hydrogens is 244 g/mol. The Hall–Kier alpha value is -2.00. The zero-order chi connectivity index (χ0) is 12.4. The summed E-state index contributed by atoms with van der Waals surface area (Å²) in [7, 11) is 0. The van der Waals surface area contributed by atoms with Gasteiger partial charge >= 0.3 is 0 Å². The summed E-state index contributed by atoms with van der Waals surface area (Å²) in [5.74, 6) is 0.383. The van der Waals surface area contributed by atoms with Crippen molar-refractivity contribution in [2.24, 2.45) is 0 Å². The molecule has 1 heterocycles. The molecule has 88 valence electrons. The predicted octanol–water partition coefficient (Wildman–Crippen LogP) is 4.37. The Kier molecular flexibility index (Phi) is 2.90. The number of hydrogen-bond acceptors (Lipinski definition) is 3. The zero-order valence-electron chi connectivity index (χ0n) is 9.50. The number of fused-ring (bicyclic) bond motifs is 1. The van der Waals surface area contributed by atoms with Gasteiger partial charge in [0, 0.05) is 4.90 Å². The summed E-state index contributed by atoms with van der Waals surface area (Å²) in [5.41, 5.74) is 0. The SMILES string of the molecule is O=C(Sc1ccc2ccccc2c1)c1ccco1. The van der Waals surface area contributed by atoms with Crippen molar-refractivity contribution in [1.82, 2.24) is 0 Å². The third-order valence-corrected chi connectivity index (χ3v) is 3.53. The second-order valence-electron chi connectivity index (χ2n) is 3.88. The second kappa shape index (κ2) is 4.70. The van der Waals surface area contributed by atoms with Crippen LogP contribution in [0.3, 0.4) is 0 Å². The maximum absolute atomic E-state index is 11.9. The lowest BCUT2D eigenvalue weighted by atomic mass is 10.1. The number of thioether (sulfide) groups is 1. The Morgan fingerprint density at radius 1 is 0.944 bits per heavy atom. The van der Waals surface area contributed by atoms with Crippen molar-refractivity contribution in [2.75, 3.05) is 0 Å². The molecular formula is C15H10O2S. The summed E-state index contributed by atoms with van der Waals surface area (Å²) in [6, 6.07) is 17.5. The molecule has 2 aromatic carbocycles. The fourth-order valence-electron chi connectivity index (χ4n) is 1.78. The van der Waals surface area contributed by atoms with E-state index in [1.165, 1.54) is 23.4 Å². The molecule has 0 atom stereocenters. The monoisotopic (exact) mass is 254 g/mol. The fraction of sp³-hybridized carbons (Fsp3) is 0. The van der Waals surface area contributed by atoms with Crippen LogP contribution in [0, 0.1) is 0 Å². The predicted molar refractivity (Wildman–Crippen MR) is 72.8 cm³/mol. The molecule has 0 fully saturated rings. The van der Waals surface area contributed by atoms with E-state index in [0.29, 0.717) is 5.76 Å². The molecule has 0 bridgehead atoms. The summed E-state index contributed by atoms with van der Waals surface area (Å²) < 4.78 is 5.08. The lowest BCUT2D eigenvalue weighted by molar-refractivity contribution is 0.106. The normalized spacial score (nSPS) is 10.7. The largest absolute Gasteiger partial charge is 0.460 e. The van der Waals surface area contributed by atoms with Crippen molar-refractivity contribution in [3.63, 3.8) is 0 Å². The van der Waals surface area contributed by atoms with Crippen LogP contribution in [0.2, 0.25) is 0 Å². The molecule has 3 heteroatoms. The lowest BCUT2D eigenvalue weighted by Gasteiger charge is -2.01. The van der Waals surface area contributed by atoms with E-state index in [0.717, 1.165) is 10.3 Å². The van der Waals surface area contributed by atoms with E-state index >= 15 is 0 Å². The van der Waals surface area contributed by atoms with Gasteiger partial charge in [0.2, 0.25) is 0 Å². The summed E-state index contributed by atoms with van der Waals surface area (Å²) in [6.07, 6.45) is 1.51. The van der Waals surface area contributed by atoms with Gasteiger partial charge in [-0.3, -0.25) is 4.79 Å². The van der Waals surface area contributed by atoms with E-state index in [2.05, 4.69) is 6.07 Å². The number of rotatable bonds is 2. The Labute approximate surface area is 109 Å². The average molecular weight is 254 g/mol. The third-order valence-electron chi connectivity index (χ3n) is 2.65. The van der Waals surface area contributed by atoms with Crippen molar-refractivity contribution < 1.29 is 9.21 Å². The van der Waals surface area contributed by atoms with Gasteiger partial charge < -0.3 is 4.42 Å². The van der Waals surface area contributed by atoms with Gasteiger partial charge in [0.15, 0.2) is 5.76 Å². The fourth-order valence-corrected chi connectivity index (χ4v) is 2.54. The van der Waals surface area contributed by atoms with Gasteiger partial charge in [-0.25, -0.2) is 0 Å². The van der Waals surface area contributed by atoms with Crippen molar-refractivity contribution in [2.45, 2.75) is 4.90 Å². The number of carbonyl (C=O) groups is 1. The number of furan rings is 1. The number of benzene rings is 2. The quantitative estimate of drug-likeness (QED) is 0.636. The van der Waals surface area contributed by atoms with Crippen molar-refractivity contribution in [3.05, 3.63) is 66.6 Å². The van der Waals surface area contributed by atoms with Crippen LogP contribution in [0.1, 0.15) is 10.6 Å². The van der Waals surface area contributed by atoms with E-state index in [4.69, 9.17) is 4.42 Å². The van der Waals surface area contributed by atoms with Crippen LogP contribution in [0.25, 0.3) is 10.8 Å². The van der Waals surface area contributed by atoms with E-state index < -0.39 is 0 Å².